The lowest BCUT2D eigenvalue weighted by atomic mass is 9.95. The first-order valence-electron chi connectivity index (χ1n) is 13.2. The molecule has 1 saturated carbocycles. The number of hydrogen-bond acceptors (Lipinski definition) is 4. The third kappa shape index (κ3) is 9.12. The lowest BCUT2D eigenvalue weighted by Crippen LogP contribution is -2.50. The maximum absolute atomic E-state index is 13.4. The Morgan fingerprint density at radius 3 is 2.38 bits per heavy atom. The van der Waals surface area contributed by atoms with E-state index in [1.165, 1.54) is 11.0 Å². The van der Waals surface area contributed by atoms with Gasteiger partial charge in [-0.05, 0) is 62.1 Å². The Morgan fingerprint density at radius 2 is 1.75 bits per heavy atom. The van der Waals surface area contributed by atoms with Crippen LogP contribution in [0.3, 0.4) is 0 Å². The number of alkyl halides is 3. The van der Waals surface area contributed by atoms with Crippen molar-refractivity contribution < 1.29 is 31.2 Å². The molecule has 1 fully saturated rings. The van der Waals surface area contributed by atoms with Gasteiger partial charge in [0.2, 0.25) is 21.8 Å². The number of rotatable bonds is 11. The second-order valence-corrected chi connectivity index (χ2v) is 12.5. The molecule has 220 valence electrons. The van der Waals surface area contributed by atoms with E-state index in [4.69, 9.17) is 11.6 Å². The molecule has 3 rings (SSSR count). The van der Waals surface area contributed by atoms with Crippen LogP contribution in [0, 0.1) is 0 Å². The summed E-state index contributed by atoms with van der Waals surface area (Å²) in [5.74, 6) is -0.659. The number of nitrogens with zero attached hydrogens (tertiary/aromatic N) is 2. The van der Waals surface area contributed by atoms with E-state index in [2.05, 4.69) is 5.32 Å². The summed E-state index contributed by atoms with van der Waals surface area (Å²) in [6, 6.07) is 10.2. The maximum atomic E-state index is 13.4. The van der Waals surface area contributed by atoms with E-state index in [-0.39, 0.29) is 49.5 Å². The molecular weight excluding hydrogens is 567 g/mol. The quantitative estimate of drug-likeness (QED) is 0.354. The van der Waals surface area contributed by atoms with Crippen LogP contribution in [0.4, 0.5) is 18.9 Å². The number of hydrogen-bond donors (Lipinski definition) is 1. The van der Waals surface area contributed by atoms with Gasteiger partial charge in [-0.15, -0.1) is 0 Å². The van der Waals surface area contributed by atoms with Gasteiger partial charge in [-0.2, -0.15) is 13.2 Å². The summed E-state index contributed by atoms with van der Waals surface area (Å²) < 4.78 is 65.4. The van der Waals surface area contributed by atoms with Crippen molar-refractivity contribution in [3.05, 3.63) is 64.7 Å². The Labute approximate surface area is 238 Å². The molecule has 1 aliphatic carbocycles. The van der Waals surface area contributed by atoms with Gasteiger partial charge in [0.05, 0.1) is 17.5 Å². The van der Waals surface area contributed by atoms with Crippen LogP contribution in [0.1, 0.15) is 63.0 Å². The fourth-order valence-electron chi connectivity index (χ4n) is 4.82. The highest BCUT2D eigenvalue weighted by Crippen LogP contribution is 2.32. The molecule has 2 aromatic carbocycles. The predicted octanol–water partition coefficient (Wildman–Crippen LogP) is 5.77. The zero-order valence-electron chi connectivity index (χ0n) is 22.6. The van der Waals surface area contributed by atoms with Crippen LogP contribution in [0.2, 0.25) is 5.02 Å². The molecule has 0 bridgehead atoms. The van der Waals surface area contributed by atoms with E-state index in [1.807, 2.05) is 0 Å². The Bertz CT molecular complexity index is 1280. The molecule has 2 aromatic rings. The van der Waals surface area contributed by atoms with Gasteiger partial charge in [0.1, 0.15) is 6.04 Å². The Balaban J connectivity index is 1.74. The van der Waals surface area contributed by atoms with Crippen LogP contribution in [0.5, 0.6) is 0 Å². The normalized spacial score (nSPS) is 15.3. The largest absolute Gasteiger partial charge is 0.416 e. The molecule has 0 spiro atoms. The molecule has 2 amide bonds. The lowest BCUT2D eigenvalue weighted by Gasteiger charge is -2.31. The number of carbonyl (C=O) groups excluding carboxylic acids is 2. The predicted molar refractivity (Wildman–Crippen MR) is 149 cm³/mol. The Hall–Kier alpha value is -2.79. The van der Waals surface area contributed by atoms with Crippen molar-refractivity contribution in [1.29, 1.82) is 0 Å². The molecule has 12 heteroatoms. The number of nitrogens with one attached hydrogen (secondary N) is 1. The second-order valence-electron chi connectivity index (χ2n) is 10.2. The summed E-state index contributed by atoms with van der Waals surface area (Å²) in [7, 11) is -3.94. The smallest absolute Gasteiger partial charge is 0.352 e. The van der Waals surface area contributed by atoms with Gasteiger partial charge in [0.15, 0.2) is 0 Å². The van der Waals surface area contributed by atoms with Crippen LogP contribution in [-0.4, -0.2) is 50.0 Å². The van der Waals surface area contributed by atoms with E-state index >= 15 is 0 Å². The average Bonchev–Trinajstić information content (AvgIpc) is 2.88. The number of benzene rings is 2. The van der Waals surface area contributed by atoms with Gasteiger partial charge in [-0.1, -0.05) is 49.1 Å². The van der Waals surface area contributed by atoms with Crippen molar-refractivity contribution >= 4 is 39.1 Å². The lowest BCUT2D eigenvalue weighted by molar-refractivity contribution is -0.141. The van der Waals surface area contributed by atoms with Crippen LogP contribution in [0.15, 0.2) is 48.5 Å². The fraction of sp³-hybridized carbons (Fsp3) is 0.500. The first-order valence-corrected chi connectivity index (χ1v) is 15.5. The van der Waals surface area contributed by atoms with Crippen LogP contribution in [-0.2, 0) is 32.3 Å². The standard InChI is InChI=1S/C28H35ClF3N3O4S/c1-20(27(37)33-24-12-4-3-5-13-24)34(19-21-9-6-11-23(29)17-21)26(36)15-8-16-35(40(2,38)39)25-14-7-10-22(18-25)28(30,31)32/h6-7,9-11,14,17-18,20,24H,3-5,8,12-13,15-16,19H2,1-2H3,(H,33,37)/t20-/m1/s1. The first kappa shape index (κ1) is 31.7. The molecule has 0 saturated heterocycles. The molecule has 1 aliphatic rings. The van der Waals surface area contributed by atoms with Crippen LogP contribution in [0.25, 0.3) is 0 Å². The van der Waals surface area contributed by atoms with E-state index in [9.17, 15) is 31.2 Å². The molecule has 0 aliphatic heterocycles. The molecule has 0 radical (unpaired) electrons. The SMILES string of the molecule is C[C@H](C(=O)NC1CCCCC1)N(Cc1cccc(Cl)c1)C(=O)CCCN(c1cccc(C(F)(F)F)c1)S(C)(=O)=O. The van der Waals surface area contributed by atoms with Gasteiger partial charge in [0.25, 0.3) is 0 Å². The second kappa shape index (κ2) is 13.7. The Kier molecular flexibility index (Phi) is 10.9. The minimum Gasteiger partial charge on any atom is -0.352 e. The molecular formula is C28H35ClF3N3O4S. The monoisotopic (exact) mass is 601 g/mol. The third-order valence-corrected chi connectivity index (χ3v) is 8.40. The zero-order valence-corrected chi connectivity index (χ0v) is 24.2. The highest BCUT2D eigenvalue weighted by atomic mass is 35.5. The highest BCUT2D eigenvalue weighted by molar-refractivity contribution is 7.92. The average molecular weight is 602 g/mol. The Morgan fingerprint density at radius 1 is 1.07 bits per heavy atom. The van der Waals surface area contributed by atoms with E-state index in [0.717, 1.165) is 66.4 Å². The van der Waals surface area contributed by atoms with Crippen molar-refractivity contribution in [2.24, 2.45) is 0 Å². The zero-order chi connectivity index (χ0) is 29.5. The minimum atomic E-state index is -4.63. The summed E-state index contributed by atoms with van der Waals surface area (Å²) in [5, 5.41) is 3.53. The minimum absolute atomic E-state index is 0.0329. The summed E-state index contributed by atoms with van der Waals surface area (Å²) >= 11 is 6.12. The van der Waals surface area contributed by atoms with Gasteiger partial charge >= 0.3 is 6.18 Å². The van der Waals surface area contributed by atoms with Gasteiger partial charge in [-0.25, -0.2) is 8.42 Å². The summed E-state index contributed by atoms with van der Waals surface area (Å²) in [4.78, 5) is 28.0. The summed E-state index contributed by atoms with van der Waals surface area (Å²) in [5.41, 5.74) is -0.388. The van der Waals surface area contributed by atoms with Gasteiger partial charge in [0, 0.05) is 30.6 Å². The van der Waals surface area contributed by atoms with Crippen molar-refractivity contribution in [3.63, 3.8) is 0 Å². The molecule has 0 unspecified atom stereocenters. The van der Waals surface area contributed by atoms with E-state index in [0.29, 0.717) is 5.02 Å². The molecule has 0 aromatic heterocycles. The van der Waals surface area contributed by atoms with Crippen LogP contribution < -0.4 is 9.62 Å². The summed E-state index contributed by atoms with van der Waals surface area (Å²) in [6.07, 6.45) is 1.15. The first-order chi connectivity index (χ1) is 18.8. The third-order valence-electron chi connectivity index (χ3n) is 6.97. The summed E-state index contributed by atoms with van der Waals surface area (Å²) in [6.45, 7) is 1.55. The molecule has 40 heavy (non-hydrogen) atoms. The maximum Gasteiger partial charge on any atom is 0.416 e. The van der Waals surface area contributed by atoms with Crippen molar-refractivity contribution in [2.45, 2.75) is 76.7 Å². The number of halogens is 4. The van der Waals surface area contributed by atoms with Crippen molar-refractivity contribution in [1.82, 2.24) is 10.2 Å². The number of sulfonamides is 1. The fourth-order valence-corrected chi connectivity index (χ4v) is 5.99. The molecule has 7 nitrogen and oxygen atoms in total. The molecule has 1 atom stereocenters. The van der Waals surface area contributed by atoms with E-state index in [1.54, 1.807) is 31.2 Å². The molecule has 0 heterocycles. The highest BCUT2D eigenvalue weighted by Gasteiger charge is 2.32. The van der Waals surface area contributed by atoms with Crippen LogP contribution >= 0.6 is 11.6 Å². The van der Waals surface area contributed by atoms with Crippen molar-refractivity contribution in [3.8, 4) is 0 Å². The topological polar surface area (TPSA) is 86.8 Å². The molecule has 1 N–H and O–H groups in total. The number of amides is 2. The van der Waals surface area contributed by atoms with E-state index < -0.39 is 27.8 Å². The number of anilines is 1. The van der Waals surface area contributed by atoms with Crippen molar-refractivity contribution in [2.75, 3.05) is 17.1 Å². The van der Waals surface area contributed by atoms with Gasteiger partial charge in [-0.3, -0.25) is 13.9 Å². The van der Waals surface area contributed by atoms with Gasteiger partial charge < -0.3 is 10.2 Å². The number of carbonyl (C=O) groups is 2.